The first kappa shape index (κ1) is 8.94. The van der Waals surface area contributed by atoms with Gasteiger partial charge in [0.25, 0.3) is 0 Å². The molecule has 0 fully saturated rings. The summed E-state index contributed by atoms with van der Waals surface area (Å²) in [6.45, 7) is 8.17. The number of hydrogen-bond acceptors (Lipinski definition) is 3. The van der Waals surface area contributed by atoms with E-state index < -0.39 is 0 Å². The van der Waals surface area contributed by atoms with Crippen LogP contribution in [0.4, 0.5) is 5.69 Å². The molecule has 1 aromatic carbocycles. The molecule has 0 unspecified atom stereocenters. The van der Waals surface area contributed by atoms with Crippen LogP contribution in [0.1, 0.15) is 19.4 Å². The van der Waals surface area contributed by atoms with Gasteiger partial charge in [0.05, 0.1) is 11.4 Å². The van der Waals surface area contributed by atoms with Crippen molar-refractivity contribution in [2.45, 2.75) is 19.9 Å². The summed E-state index contributed by atoms with van der Waals surface area (Å²) in [4.78, 5) is 0. The van der Waals surface area contributed by atoms with Crippen molar-refractivity contribution in [3.8, 4) is 0 Å². The summed E-state index contributed by atoms with van der Waals surface area (Å²) >= 11 is 0. The van der Waals surface area contributed by atoms with Crippen LogP contribution in [-0.4, -0.2) is 11.1 Å². The van der Waals surface area contributed by atoms with Crippen molar-refractivity contribution in [3.63, 3.8) is 0 Å². The van der Waals surface area contributed by atoms with Crippen LogP contribution in [-0.2, 0) is 0 Å². The summed E-state index contributed by atoms with van der Waals surface area (Å²) in [5, 5.41) is 10.1. The van der Waals surface area contributed by atoms with Gasteiger partial charge >= 0.3 is 0 Å². The van der Waals surface area contributed by atoms with Crippen LogP contribution in [0, 0.1) is 0 Å². The lowest BCUT2D eigenvalue weighted by atomic mass is 10.1. The van der Waals surface area contributed by atoms with Crippen molar-refractivity contribution in [3.05, 3.63) is 36.4 Å². The predicted molar refractivity (Wildman–Crippen MR) is 57.0 cm³/mol. The summed E-state index contributed by atoms with van der Waals surface area (Å²) in [6, 6.07) is 8.20. The Morgan fingerprint density at radius 2 is 2.00 bits per heavy atom. The van der Waals surface area contributed by atoms with Crippen molar-refractivity contribution in [2.75, 3.05) is 0 Å². The molecule has 1 aliphatic heterocycles. The van der Waals surface area contributed by atoms with E-state index in [9.17, 15) is 0 Å². The first-order chi connectivity index (χ1) is 6.70. The van der Waals surface area contributed by atoms with Crippen molar-refractivity contribution in [1.29, 1.82) is 0 Å². The lowest BCUT2D eigenvalue weighted by Gasteiger charge is -2.27. The minimum Gasteiger partial charge on any atom is -0.244 e. The Labute approximate surface area is 83.7 Å². The van der Waals surface area contributed by atoms with Crippen LogP contribution < -0.4 is 0 Å². The molecule has 0 radical (unpaired) electrons. The minimum absolute atomic E-state index is 0.291. The Hall–Kier alpha value is -1.64. The molecule has 0 aliphatic carbocycles. The highest BCUT2D eigenvalue weighted by molar-refractivity contribution is 5.72. The van der Waals surface area contributed by atoms with Crippen LogP contribution >= 0.6 is 0 Å². The number of nitrogens with zero attached hydrogens (tertiary/aromatic N) is 3. The molecule has 1 aliphatic rings. The van der Waals surface area contributed by atoms with Gasteiger partial charge < -0.3 is 0 Å². The average Bonchev–Trinajstić information content (AvgIpc) is 2.18. The molecule has 0 aromatic heterocycles. The van der Waals surface area contributed by atoms with Gasteiger partial charge in [-0.3, -0.25) is 0 Å². The quantitative estimate of drug-likeness (QED) is 0.662. The molecule has 3 nitrogen and oxygen atoms in total. The van der Waals surface area contributed by atoms with Crippen molar-refractivity contribution in [2.24, 2.45) is 10.3 Å². The normalized spacial score (nSPS) is 14.8. The van der Waals surface area contributed by atoms with E-state index in [-0.39, 0.29) is 0 Å². The second-order valence-electron chi connectivity index (χ2n) is 3.59. The van der Waals surface area contributed by atoms with Crippen LogP contribution in [0.3, 0.4) is 0 Å². The molecule has 3 heteroatoms. The Balaban J connectivity index is 2.45. The number of hydrogen-bond donors (Lipinski definition) is 0. The Morgan fingerprint density at radius 3 is 2.71 bits per heavy atom. The molecule has 0 bridgehead atoms. The van der Waals surface area contributed by atoms with Crippen LogP contribution in [0.2, 0.25) is 0 Å². The fraction of sp³-hybridized carbons (Fsp3) is 0.273. The zero-order valence-corrected chi connectivity index (χ0v) is 8.44. The predicted octanol–water partition coefficient (Wildman–Crippen LogP) is 3.38. The molecule has 0 amide bonds. The molecule has 0 saturated heterocycles. The zero-order chi connectivity index (χ0) is 10.1. The maximum atomic E-state index is 4.14. The largest absolute Gasteiger partial charge is 0.244 e. The highest BCUT2D eigenvalue weighted by Crippen LogP contribution is 2.33. The van der Waals surface area contributed by atoms with Gasteiger partial charge in [0.15, 0.2) is 0 Å². The van der Waals surface area contributed by atoms with Gasteiger partial charge in [0, 0.05) is 11.6 Å². The second-order valence-corrected chi connectivity index (χ2v) is 3.59. The standard InChI is InChI=1S/C11H13N3/c1-8(2)14-9(3)10-6-4-5-7-11(10)12-13-14/h4-8H,3H2,1-2H3. The van der Waals surface area contributed by atoms with E-state index in [1.165, 1.54) is 0 Å². The van der Waals surface area contributed by atoms with Gasteiger partial charge in [-0.1, -0.05) is 30.0 Å². The third-order valence-corrected chi connectivity index (χ3v) is 2.23. The Bertz CT molecular complexity index is 393. The lowest BCUT2D eigenvalue weighted by molar-refractivity contribution is 0.323. The van der Waals surface area contributed by atoms with E-state index in [4.69, 9.17) is 0 Å². The molecule has 1 aromatic rings. The zero-order valence-electron chi connectivity index (χ0n) is 8.44. The maximum absolute atomic E-state index is 4.14. The lowest BCUT2D eigenvalue weighted by Crippen LogP contribution is -2.24. The van der Waals surface area contributed by atoms with Crippen LogP contribution in [0.5, 0.6) is 0 Å². The van der Waals surface area contributed by atoms with E-state index in [1.54, 1.807) is 0 Å². The Morgan fingerprint density at radius 1 is 1.29 bits per heavy atom. The third kappa shape index (κ3) is 1.31. The fourth-order valence-corrected chi connectivity index (χ4v) is 1.49. The smallest absolute Gasteiger partial charge is 0.0967 e. The second kappa shape index (κ2) is 3.25. The summed E-state index contributed by atoms with van der Waals surface area (Å²) in [7, 11) is 0. The highest BCUT2D eigenvalue weighted by atomic mass is 15.6. The molecule has 0 N–H and O–H groups in total. The van der Waals surface area contributed by atoms with Gasteiger partial charge in [0.2, 0.25) is 0 Å². The summed E-state index contributed by atoms with van der Waals surface area (Å²) in [5.74, 6) is 0. The fourth-order valence-electron chi connectivity index (χ4n) is 1.49. The molecular weight excluding hydrogens is 174 g/mol. The van der Waals surface area contributed by atoms with Crippen molar-refractivity contribution in [1.82, 2.24) is 5.01 Å². The number of rotatable bonds is 1. The molecule has 0 atom stereocenters. The van der Waals surface area contributed by atoms with Gasteiger partial charge in [-0.15, -0.1) is 5.11 Å². The average molecular weight is 187 g/mol. The topological polar surface area (TPSA) is 28.0 Å². The maximum Gasteiger partial charge on any atom is 0.0967 e. The molecular formula is C11H13N3. The molecule has 1 heterocycles. The monoisotopic (exact) mass is 187 g/mol. The number of benzene rings is 1. The molecule has 72 valence electrons. The summed E-state index contributed by atoms with van der Waals surface area (Å²) < 4.78 is 0. The van der Waals surface area contributed by atoms with Crippen LogP contribution in [0.15, 0.2) is 41.2 Å². The van der Waals surface area contributed by atoms with E-state index >= 15 is 0 Å². The van der Waals surface area contributed by atoms with Gasteiger partial charge in [-0.05, 0) is 19.9 Å². The first-order valence-corrected chi connectivity index (χ1v) is 4.69. The SMILES string of the molecule is C=C1c2ccccc2N=NN1C(C)C. The van der Waals surface area contributed by atoms with Gasteiger partial charge in [-0.2, -0.15) is 0 Å². The highest BCUT2D eigenvalue weighted by Gasteiger charge is 2.19. The molecule has 0 saturated carbocycles. The van der Waals surface area contributed by atoms with Gasteiger partial charge in [0.1, 0.15) is 0 Å². The molecule has 0 spiro atoms. The van der Waals surface area contributed by atoms with E-state index in [0.717, 1.165) is 16.9 Å². The first-order valence-electron chi connectivity index (χ1n) is 4.69. The van der Waals surface area contributed by atoms with Gasteiger partial charge in [-0.25, -0.2) is 5.01 Å². The Kier molecular flexibility index (Phi) is 2.08. The van der Waals surface area contributed by atoms with Crippen LogP contribution in [0.25, 0.3) is 5.70 Å². The van der Waals surface area contributed by atoms with E-state index in [0.29, 0.717) is 6.04 Å². The van der Waals surface area contributed by atoms with Crippen molar-refractivity contribution < 1.29 is 0 Å². The minimum atomic E-state index is 0.291. The summed E-state index contributed by atoms with van der Waals surface area (Å²) in [6.07, 6.45) is 0. The molecule has 2 rings (SSSR count). The van der Waals surface area contributed by atoms with Crippen molar-refractivity contribution >= 4 is 11.4 Å². The van der Waals surface area contributed by atoms with E-state index in [2.05, 4.69) is 30.8 Å². The number of fused-ring (bicyclic) bond motifs is 1. The molecule has 14 heavy (non-hydrogen) atoms. The van der Waals surface area contributed by atoms with E-state index in [1.807, 2.05) is 29.3 Å². The third-order valence-electron chi connectivity index (χ3n) is 2.23. The summed E-state index contributed by atoms with van der Waals surface area (Å²) in [5.41, 5.74) is 2.89.